The van der Waals surface area contributed by atoms with E-state index in [1.807, 2.05) is 12.1 Å². The zero-order valence-electron chi connectivity index (χ0n) is 11.1. The van der Waals surface area contributed by atoms with Gasteiger partial charge in [0.2, 0.25) is 0 Å². The molecule has 0 aliphatic carbocycles. The standard InChI is InChI=1S/C16H15FO3/c1-19-8-9-20-16-5-3-2-4-14(16)15-10-13(17)7-6-12(15)11-18/h2-7,10-11H,8-9H2,1H3. The van der Waals surface area contributed by atoms with Crippen LogP contribution in [0.25, 0.3) is 11.1 Å². The average Bonchev–Trinajstić information content (AvgIpc) is 2.48. The molecule has 0 amide bonds. The van der Waals surface area contributed by atoms with Crippen molar-refractivity contribution in [3.05, 3.63) is 53.8 Å². The number of carbonyl (C=O) groups excluding carboxylic acids is 1. The van der Waals surface area contributed by atoms with E-state index in [1.54, 1.807) is 19.2 Å². The number of hydrogen-bond acceptors (Lipinski definition) is 3. The smallest absolute Gasteiger partial charge is 0.150 e. The number of hydrogen-bond donors (Lipinski definition) is 0. The predicted molar refractivity (Wildman–Crippen MR) is 74.6 cm³/mol. The van der Waals surface area contributed by atoms with Crippen molar-refractivity contribution in [2.75, 3.05) is 20.3 Å². The molecule has 0 bridgehead atoms. The quantitative estimate of drug-likeness (QED) is 0.598. The molecule has 4 heteroatoms. The monoisotopic (exact) mass is 274 g/mol. The summed E-state index contributed by atoms with van der Waals surface area (Å²) in [6.45, 7) is 0.845. The van der Waals surface area contributed by atoms with Crippen molar-refractivity contribution in [2.45, 2.75) is 0 Å². The maximum absolute atomic E-state index is 13.4. The summed E-state index contributed by atoms with van der Waals surface area (Å²) in [6.07, 6.45) is 0.709. The summed E-state index contributed by atoms with van der Waals surface area (Å²) in [6, 6.07) is 11.3. The molecule has 20 heavy (non-hydrogen) atoms. The summed E-state index contributed by atoms with van der Waals surface area (Å²) in [7, 11) is 1.59. The number of para-hydroxylation sites is 1. The first-order valence-corrected chi connectivity index (χ1v) is 6.22. The highest BCUT2D eigenvalue weighted by molar-refractivity contribution is 5.89. The van der Waals surface area contributed by atoms with Crippen LogP contribution in [0.2, 0.25) is 0 Å². The van der Waals surface area contributed by atoms with Gasteiger partial charge in [-0.25, -0.2) is 4.39 Å². The number of ether oxygens (including phenoxy) is 2. The fourth-order valence-electron chi connectivity index (χ4n) is 1.91. The highest BCUT2D eigenvalue weighted by Crippen LogP contribution is 2.32. The number of rotatable bonds is 6. The molecule has 2 aromatic carbocycles. The third-order valence-corrected chi connectivity index (χ3v) is 2.86. The molecule has 0 aliphatic heterocycles. The maximum atomic E-state index is 13.4. The third kappa shape index (κ3) is 3.22. The molecule has 3 nitrogen and oxygen atoms in total. The van der Waals surface area contributed by atoms with Crippen molar-refractivity contribution in [1.29, 1.82) is 0 Å². The highest BCUT2D eigenvalue weighted by atomic mass is 19.1. The SMILES string of the molecule is COCCOc1ccccc1-c1cc(F)ccc1C=O. The third-order valence-electron chi connectivity index (χ3n) is 2.86. The van der Waals surface area contributed by atoms with Crippen molar-refractivity contribution >= 4 is 6.29 Å². The van der Waals surface area contributed by atoms with Gasteiger partial charge in [0.1, 0.15) is 18.2 Å². The van der Waals surface area contributed by atoms with Crippen LogP contribution < -0.4 is 4.74 Å². The Labute approximate surface area is 117 Å². The van der Waals surface area contributed by atoms with Crippen molar-refractivity contribution in [3.63, 3.8) is 0 Å². The van der Waals surface area contributed by atoms with Crippen LogP contribution in [-0.2, 0) is 4.74 Å². The van der Waals surface area contributed by atoms with Gasteiger partial charge < -0.3 is 9.47 Å². The zero-order chi connectivity index (χ0) is 14.4. The van der Waals surface area contributed by atoms with E-state index in [0.29, 0.717) is 41.9 Å². The van der Waals surface area contributed by atoms with E-state index in [4.69, 9.17) is 9.47 Å². The minimum absolute atomic E-state index is 0.388. The van der Waals surface area contributed by atoms with E-state index >= 15 is 0 Å². The molecule has 0 atom stereocenters. The van der Waals surface area contributed by atoms with Gasteiger partial charge in [-0.2, -0.15) is 0 Å². The van der Waals surface area contributed by atoms with Gasteiger partial charge in [0.25, 0.3) is 0 Å². The molecule has 0 fully saturated rings. The van der Waals surface area contributed by atoms with Crippen LogP contribution in [0, 0.1) is 5.82 Å². The van der Waals surface area contributed by atoms with E-state index in [-0.39, 0.29) is 0 Å². The van der Waals surface area contributed by atoms with E-state index in [2.05, 4.69) is 0 Å². The fourth-order valence-corrected chi connectivity index (χ4v) is 1.91. The van der Waals surface area contributed by atoms with Crippen LogP contribution in [0.3, 0.4) is 0 Å². The van der Waals surface area contributed by atoms with Crippen LogP contribution in [-0.4, -0.2) is 26.6 Å². The Balaban J connectivity index is 2.41. The summed E-state index contributed by atoms with van der Waals surface area (Å²) < 4.78 is 24.0. The Bertz CT molecular complexity index is 596. The molecule has 0 spiro atoms. The van der Waals surface area contributed by atoms with E-state index in [9.17, 15) is 9.18 Å². The lowest BCUT2D eigenvalue weighted by Crippen LogP contribution is -2.05. The number of carbonyl (C=O) groups is 1. The van der Waals surface area contributed by atoms with Crippen molar-refractivity contribution in [1.82, 2.24) is 0 Å². The molecule has 0 saturated carbocycles. The molecule has 0 radical (unpaired) electrons. The molecular weight excluding hydrogens is 259 g/mol. The van der Waals surface area contributed by atoms with Gasteiger partial charge in [-0.05, 0) is 29.8 Å². The van der Waals surface area contributed by atoms with Crippen LogP contribution >= 0.6 is 0 Å². The normalized spacial score (nSPS) is 10.3. The summed E-state index contributed by atoms with van der Waals surface area (Å²) >= 11 is 0. The Hall–Kier alpha value is -2.20. The molecule has 0 aliphatic rings. The predicted octanol–water partition coefficient (Wildman–Crippen LogP) is 3.33. The van der Waals surface area contributed by atoms with Gasteiger partial charge in [-0.3, -0.25) is 4.79 Å². The van der Waals surface area contributed by atoms with Gasteiger partial charge >= 0.3 is 0 Å². The Morgan fingerprint density at radius 2 is 1.90 bits per heavy atom. The fraction of sp³-hybridized carbons (Fsp3) is 0.188. The first kappa shape index (κ1) is 14.2. The molecule has 0 N–H and O–H groups in total. The van der Waals surface area contributed by atoms with Crippen LogP contribution in [0.5, 0.6) is 5.75 Å². The van der Waals surface area contributed by atoms with Gasteiger partial charge in [0.15, 0.2) is 6.29 Å². The summed E-state index contributed by atoms with van der Waals surface area (Å²) in [5, 5.41) is 0. The number of methoxy groups -OCH3 is 1. The van der Waals surface area contributed by atoms with Crippen LogP contribution in [0.1, 0.15) is 10.4 Å². The first-order valence-electron chi connectivity index (χ1n) is 6.22. The highest BCUT2D eigenvalue weighted by Gasteiger charge is 2.11. The van der Waals surface area contributed by atoms with Crippen molar-refractivity contribution in [2.24, 2.45) is 0 Å². The lowest BCUT2D eigenvalue weighted by Gasteiger charge is -2.12. The minimum atomic E-state index is -0.391. The second kappa shape index (κ2) is 6.82. The topological polar surface area (TPSA) is 35.5 Å². The number of halogens is 1. The van der Waals surface area contributed by atoms with Crippen molar-refractivity contribution < 1.29 is 18.7 Å². The van der Waals surface area contributed by atoms with Gasteiger partial charge in [-0.15, -0.1) is 0 Å². The van der Waals surface area contributed by atoms with Crippen LogP contribution in [0.15, 0.2) is 42.5 Å². The summed E-state index contributed by atoms with van der Waals surface area (Å²) in [5.41, 5.74) is 1.63. The molecular formula is C16H15FO3. The number of benzene rings is 2. The summed E-state index contributed by atoms with van der Waals surface area (Å²) in [5.74, 6) is 0.204. The van der Waals surface area contributed by atoms with Crippen LogP contribution in [0.4, 0.5) is 4.39 Å². The Kier molecular flexibility index (Phi) is 4.85. The lowest BCUT2D eigenvalue weighted by atomic mass is 9.99. The minimum Gasteiger partial charge on any atom is -0.491 e. The molecule has 0 saturated heterocycles. The average molecular weight is 274 g/mol. The molecule has 2 rings (SSSR count). The van der Waals surface area contributed by atoms with Gasteiger partial charge in [-0.1, -0.05) is 18.2 Å². The lowest BCUT2D eigenvalue weighted by molar-refractivity contribution is 0.112. The second-order valence-electron chi connectivity index (χ2n) is 4.19. The Morgan fingerprint density at radius 1 is 1.10 bits per heavy atom. The van der Waals surface area contributed by atoms with E-state index in [0.717, 1.165) is 0 Å². The molecule has 2 aromatic rings. The number of aldehydes is 1. The molecule has 0 unspecified atom stereocenters. The van der Waals surface area contributed by atoms with Crippen molar-refractivity contribution in [3.8, 4) is 16.9 Å². The van der Waals surface area contributed by atoms with E-state index in [1.165, 1.54) is 18.2 Å². The maximum Gasteiger partial charge on any atom is 0.150 e. The van der Waals surface area contributed by atoms with Gasteiger partial charge in [0.05, 0.1) is 6.61 Å². The molecule has 104 valence electrons. The van der Waals surface area contributed by atoms with E-state index < -0.39 is 5.82 Å². The molecule has 0 aromatic heterocycles. The Morgan fingerprint density at radius 3 is 2.65 bits per heavy atom. The second-order valence-corrected chi connectivity index (χ2v) is 4.19. The largest absolute Gasteiger partial charge is 0.491 e. The zero-order valence-corrected chi connectivity index (χ0v) is 11.1. The molecule has 0 heterocycles. The first-order chi connectivity index (χ1) is 9.76. The van der Waals surface area contributed by atoms with Gasteiger partial charge in [0, 0.05) is 18.2 Å². The summed E-state index contributed by atoms with van der Waals surface area (Å²) in [4.78, 5) is 11.1.